The number of thiazole rings is 1. The van der Waals surface area contributed by atoms with Crippen molar-refractivity contribution in [3.63, 3.8) is 0 Å². The number of anilines is 1. The summed E-state index contributed by atoms with van der Waals surface area (Å²) in [6.07, 6.45) is 1.74. The Hall–Kier alpha value is -1.93. The van der Waals surface area contributed by atoms with E-state index in [9.17, 15) is 0 Å². The first-order chi connectivity index (χ1) is 7.40. The molecule has 74 valence electrons. The van der Waals surface area contributed by atoms with E-state index < -0.39 is 0 Å². The van der Waals surface area contributed by atoms with Crippen molar-refractivity contribution in [2.75, 3.05) is 5.32 Å². The quantitative estimate of drug-likeness (QED) is 0.852. The predicted molar refractivity (Wildman–Crippen MR) is 58.4 cm³/mol. The molecule has 0 unspecified atom stereocenters. The molecule has 0 saturated carbocycles. The molecule has 0 aliphatic carbocycles. The van der Waals surface area contributed by atoms with Crippen molar-refractivity contribution in [1.82, 2.24) is 9.97 Å². The molecule has 0 saturated heterocycles. The number of nitriles is 1. The molecule has 0 fully saturated rings. The third-order valence-electron chi connectivity index (χ3n) is 1.83. The van der Waals surface area contributed by atoms with Crippen molar-refractivity contribution in [3.8, 4) is 6.07 Å². The number of pyridine rings is 1. The zero-order valence-corrected chi connectivity index (χ0v) is 8.66. The molecule has 0 bridgehead atoms. The molecule has 0 spiro atoms. The fourth-order valence-electron chi connectivity index (χ4n) is 1.13. The van der Waals surface area contributed by atoms with Crippen LogP contribution in [0.3, 0.4) is 0 Å². The van der Waals surface area contributed by atoms with Gasteiger partial charge in [0.1, 0.15) is 10.9 Å². The highest BCUT2D eigenvalue weighted by Gasteiger charge is 2.04. The summed E-state index contributed by atoms with van der Waals surface area (Å²) in [5, 5.41) is 11.8. The lowest BCUT2D eigenvalue weighted by Gasteiger charge is -2.01. The standard InChI is InChI=1S/C10H8N4S/c11-5-9-10(14-7-15-9)13-6-8-3-1-2-4-12-8/h1-4,7,13H,6H2. The molecule has 1 N–H and O–H groups in total. The molecule has 0 aromatic carbocycles. The summed E-state index contributed by atoms with van der Waals surface area (Å²) in [4.78, 5) is 8.83. The van der Waals surface area contributed by atoms with Crippen LogP contribution in [-0.2, 0) is 6.54 Å². The van der Waals surface area contributed by atoms with E-state index in [4.69, 9.17) is 5.26 Å². The minimum absolute atomic E-state index is 0.583. The second-order valence-corrected chi connectivity index (χ2v) is 3.67. The molecule has 0 aliphatic heterocycles. The maximum absolute atomic E-state index is 8.77. The third-order valence-corrected chi connectivity index (χ3v) is 2.56. The molecule has 4 nitrogen and oxygen atoms in total. The first kappa shape index (κ1) is 9.62. The van der Waals surface area contributed by atoms with Gasteiger partial charge < -0.3 is 5.32 Å². The average molecular weight is 216 g/mol. The van der Waals surface area contributed by atoms with Crippen molar-refractivity contribution in [1.29, 1.82) is 5.26 Å². The number of aromatic nitrogens is 2. The van der Waals surface area contributed by atoms with Crippen LogP contribution >= 0.6 is 11.3 Å². The van der Waals surface area contributed by atoms with Gasteiger partial charge in [0, 0.05) is 6.20 Å². The molecule has 2 aromatic rings. The Labute approximate surface area is 91.2 Å². The van der Waals surface area contributed by atoms with Gasteiger partial charge in [-0.05, 0) is 12.1 Å². The van der Waals surface area contributed by atoms with Gasteiger partial charge in [0.25, 0.3) is 0 Å². The van der Waals surface area contributed by atoms with E-state index in [1.165, 1.54) is 11.3 Å². The summed E-state index contributed by atoms with van der Waals surface area (Å²) < 4.78 is 0. The van der Waals surface area contributed by atoms with Crippen molar-refractivity contribution >= 4 is 17.2 Å². The van der Waals surface area contributed by atoms with Gasteiger partial charge >= 0.3 is 0 Å². The van der Waals surface area contributed by atoms with Crippen LogP contribution in [0.15, 0.2) is 29.9 Å². The molecule has 2 rings (SSSR count). The number of hydrogen-bond acceptors (Lipinski definition) is 5. The smallest absolute Gasteiger partial charge is 0.155 e. The Balaban J connectivity index is 2.03. The van der Waals surface area contributed by atoms with Gasteiger partial charge in [-0.3, -0.25) is 4.98 Å². The molecule has 0 radical (unpaired) electrons. The number of rotatable bonds is 3. The maximum Gasteiger partial charge on any atom is 0.155 e. The summed E-state index contributed by atoms with van der Waals surface area (Å²) in [5.74, 6) is 0.633. The summed E-state index contributed by atoms with van der Waals surface area (Å²) in [6.45, 7) is 0.583. The van der Waals surface area contributed by atoms with Crippen LogP contribution in [0.25, 0.3) is 0 Å². The van der Waals surface area contributed by atoms with Gasteiger partial charge in [-0.25, -0.2) is 4.98 Å². The van der Waals surface area contributed by atoms with E-state index in [0.717, 1.165) is 5.69 Å². The largest absolute Gasteiger partial charge is 0.363 e. The van der Waals surface area contributed by atoms with Gasteiger partial charge in [-0.2, -0.15) is 5.26 Å². The third kappa shape index (κ3) is 2.30. The molecule has 0 amide bonds. The average Bonchev–Trinajstić information content (AvgIpc) is 2.75. The lowest BCUT2D eigenvalue weighted by atomic mass is 10.3. The number of nitrogens with one attached hydrogen (secondary N) is 1. The zero-order chi connectivity index (χ0) is 10.5. The van der Waals surface area contributed by atoms with E-state index in [1.54, 1.807) is 11.7 Å². The molecule has 5 heteroatoms. The highest BCUT2D eigenvalue weighted by molar-refractivity contribution is 7.10. The van der Waals surface area contributed by atoms with Crippen LogP contribution in [0.2, 0.25) is 0 Å². The van der Waals surface area contributed by atoms with Gasteiger partial charge in [0.05, 0.1) is 17.7 Å². The Bertz CT molecular complexity index is 472. The van der Waals surface area contributed by atoms with Gasteiger partial charge in [0.15, 0.2) is 5.82 Å². The first-order valence-electron chi connectivity index (χ1n) is 4.37. The van der Waals surface area contributed by atoms with Crippen molar-refractivity contribution in [3.05, 3.63) is 40.5 Å². The highest BCUT2D eigenvalue weighted by Crippen LogP contribution is 2.17. The van der Waals surface area contributed by atoms with Crippen molar-refractivity contribution in [2.24, 2.45) is 0 Å². The first-order valence-corrected chi connectivity index (χ1v) is 5.25. The van der Waals surface area contributed by atoms with Crippen molar-refractivity contribution in [2.45, 2.75) is 6.54 Å². The molecular formula is C10H8N4S. The fraction of sp³-hybridized carbons (Fsp3) is 0.100. The molecule has 15 heavy (non-hydrogen) atoms. The molecule has 2 heterocycles. The van der Waals surface area contributed by atoms with E-state index in [1.807, 2.05) is 18.2 Å². The monoisotopic (exact) mass is 216 g/mol. The van der Waals surface area contributed by atoms with Gasteiger partial charge in [0.2, 0.25) is 0 Å². The number of hydrogen-bond donors (Lipinski definition) is 1. The Kier molecular flexibility index (Phi) is 2.90. The second-order valence-electron chi connectivity index (χ2n) is 2.82. The SMILES string of the molecule is N#Cc1scnc1NCc1ccccn1. The van der Waals surface area contributed by atoms with Crippen LogP contribution in [0, 0.1) is 11.3 Å². The van der Waals surface area contributed by atoms with Crippen LogP contribution in [0.1, 0.15) is 10.6 Å². The van der Waals surface area contributed by atoms with Crippen LogP contribution in [-0.4, -0.2) is 9.97 Å². The highest BCUT2D eigenvalue weighted by atomic mass is 32.1. The minimum Gasteiger partial charge on any atom is -0.363 e. The van der Waals surface area contributed by atoms with Gasteiger partial charge in [-0.15, -0.1) is 11.3 Å². The van der Waals surface area contributed by atoms with Gasteiger partial charge in [-0.1, -0.05) is 6.07 Å². The van der Waals surface area contributed by atoms with Crippen LogP contribution in [0.5, 0.6) is 0 Å². The maximum atomic E-state index is 8.77. The second kappa shape index (κ2) is 4.53. The van der Waals surface area contributed by atoms with E-state index in [0.29, 0.717) is 17.2 Å². The predicted octanol–water partition coefficient (Wildman–Crippen LogP) is 2.02. The Morgan fingerprint density at radius 2 is 2.33 bits per heavy atom. The normalized spacial score (nSPS) is 9.53. The molecular weight excluding hydrogens is 208 g/mol. The van der Waals surface area contributed by atoms with E-state index in [2.05, 4.69) is 21.4 Å². The fourth-order valence-corrected chi connectivity index (χ4v) is 1.68. The molecule has 0 atom stereocenters. The number of nitrogens with zero attached hydrogens (tertiary/aromatic N) is 3. The summed E-state index contributed by atoms with van der Waals surface area (Å²) in [6, 6.07) is 7.80. The molecule has 0 aliphatic rings. The van der Waals surface area contributed by atoms with E-state index in [-0.39, 0.29) is 0 Å². The van der Waals surface area contributed by atoms with Crippen LogP contribution in [0.4, 0.5) is 5.82 Å². The summed E-state index contributed by atoms with van der Waals surface area (Å²) in [7, 11) is 0. The Morgan fingerprint density at radius 3 is 3.07 bits per heavy atom. The van der Waals surface area contributed by atoms with Crippen molar-refractivity contribution < 1.29 is 0 Å². The summed E-state index contributed by atoms with van der Waals surface area (Å²) >= 11 is 1.33. The Morgan fingerprint density at radius 1 is 1.40 bits per heavy atom. The molecule has 2 aromatic heterocycles. The zero-order valence-electron chi connectivity index (χ0n) is 7.84. The lowest BCUT2D eigenvalue weighted by Crippen LogP contribution is -2.02. The lowest BCUT2D eigenvalue weighted by molar-refractivity contribution is 1.03. The van der Waals surface area contributed by atoms with Crippen LogP contribution < -0.4 is 5.32 Å². The summed E-state index contributed by atoms with van der Waals surface area (Å²) in [5.41, 5.74) is 2.58. The van der Waals surface area contributed by atoms with E-state index >= 15 is 0 Å². The topological polar surface area (TPSA) is 61.6 Å². The minimum atomic E-state index is 0.583.